The molecule has 1 N–H and O–H groups in total. The second-order valence-electron chi connectivity index (χ2n) is 4.03. The fraction of sp³-hybridized carbons (Fsp3) is 0.889. The lowest BCUT2D eigenvalue weighted by Crippen LogP contribution is -2.21. The van der Waals surface area contributed by atoms with Crippen LogP contribution in [0.5, 0.6) is 0 Å². The molecule has 0 bridgehead atoms. The van der Waals surface area contributed by atoms with Crippen molar-refractivity contribution >= 4 is 6.21 Å². The summed E-state index contributed by atoms with van der Waals surface area (Å²) < 4.78 is 0. The third kappa shape index (κ3) is 4.02. The summed E-state index contributed by atoms with van der Waals surface area (Å²) >= 11 is 0. The van der Waals surface area contributed by atoms with Gasteiger partial charge in [-0.05, 0) is 11.8 Å². The van der Waals surface area contributed by atoms with E-state index in [0.29, 0.717) is 5.92 Å². The van der Waals surface area contributed by atoms with Gasteiger partial charge in [0.1, 0.15) is 0 Å². The lowest BCUT2D eigenvalue weighted by atomic mass is 9.79. The van der Waals surface area contributed by atoms with Crippen molar-refractivity contribution in [1.29, 1.82) is 0 Å². The molecule has 0 fully saturated rings. The average Bonchev–Trinajstić information content (AvgIpc) is 1.85. The minimum absolute atomic E-state index is 0.211. The molecule has 0 aliphatic rings. The van der Waals surface area contributed by atoms with E-state index in [1.165, 1.54) is 0 Å². The Labute approximate surface area is 69.3 Å². The molecule has 0 rings (SSSR count). The van der Waals surface area contributed by atoms with Gasteiger partial charge in [-0.1, -0.05) is 34.1 Å². The van der Waals surface area contributed by atoms with E-state index in [1.54, 1.807) is 6.21 Å². The van der Waals surface area contributed by atoms with E-state index < -0.39 is 0 Å². The standard InChI is InChI=1S/C9H19NO/c1-5-6-8(7-10-11)9(2,3)4/h7-8,11H,5-6H2,1-4H3. The zero-order valence-electron chi connectivity index (χ0n) is 7.96. The van der Waals surface area contributed by atoms with Gasteiger partial charge in [0.2, 0.25) is 0 Å². The van der Waals surface area contributed by atoms with Gasteiger partial charge in [-0.3, -0.25) is 0 Å². The first kappa shape index (κ1) is 10.5. The van der Waals surface area contributed by atoms with Crippen LogP contribution in [0.25, 0.3) is 0 Å². The highest BCUT2D eigenvalue weighted by molar-refractivity contribution is 5.60. The lowest BCUT2D eigenvalue weighted by Gasteiger charge is -2.26. The van der Waals surface area contributed by atoms with Crippen LogP contribution in [0.15, 0.2) is 5.16 Å². The van der Waals surface area contributed by atoms with Crippen molar-refractivity contribution in [3.8, 4) is 0 Å². The fourth-order valence-electron chi connectivity index (χ4n) is 1.12. The molecule has 0 aromatic heterocycles. The van der Waals surface area contributed by atoms with Crippen molar-refractivity contribution in [3.05, 3.63) is 0 Å². The summed E-state index contributed by atoms with van der Waals surface area (Å²) in [5.74, 6) is 0.387. The Hall–Kier alpha value is -0.530. The van der Waals surface area contributed by atoms with Gasteiger partial charge >= 0.3 is 0 Å². The Morgan fingerprint density at radius 3 is 2.27 bits per heavy atom. The quantitative estimate of drug-likeness (QED) is 0.381. The van der Waals surface area contributed by atoms with Crippen molar-refractivity contribution in [1.82, 2.24) is 0 Å². The third-order valence-electron chi connectivity index (χ3n) is 1.96. The van der Waals surface area contributed by atoms with Crippen LogP contribution >= 0.6 is 0 Å². The number of hydrogen-bond acceptors (Lipinski definition) is 2. The Bertz CT molecular complexity index is 124. The van der Waals surface area contributed by atoms with Gasteiger partial charge < -0.3 is 5.21 Å². The van der Waals surface area contributed by atoms with Crippen molar-refractivity contribution in [3.63, 3.8) is 0 Å². The zero-order chi connectivity index (χ0) is 8.91. The minimum Gasteiger partial charge on any atom is -0.411 e. The average molecular weight is 157 g/mol. The zero-order valence-corrected chi connectivity index (χ0v) is 7.96. The van der Waals surface area contributed by atoms with Crippen LogP contribution in [-0.4, -0.2) is 11.4 Å². The molecule has 0 aliphatic carbocycles. The molecule has 0 aromatic carbocycles. The summed E-state index contributed by atoms with van der Waals surface area (Å²) in [5, 5.41) is 11.5. The fourth-order valence-corrected chi connectivity index (χ4v) is 1.12. The van der Waals surface area contributed by atoms with Gasteiger partial charge in [0, 0.05) is 12.1 Å². The molecule has 66 valence electrons. The van der Waals surface area contributed by atoms with Crippen LogP contribution < -0.4 is 0 Å². The summed E-state index contributed by atoms with van der Waals surface area (Å²) in [4.78, 5) is 0. The van der Waals surface area contributed by atoms with E-state index in [4.69, 9.17) is 5.21 Å². The van der Waals surface area contributed by atoms with E-state index in [2.05, 4.69) is 32.9 Å². The topological polar surface area (TPSA) is 32.6 Å². The Morgan fingerprint density at radius 2 is 2.00 bits per heavy atom. The van der Waals surface area contributed by atoms with E-state index in [9.17, 15) is 0 Å². The molecule has 1 atom stereocenters. The van der Waals surface area contributed by atoms with Gasteiger partial charge in [-0.25, -0.2) is 0 Å². The SMILES string of the molecule is CCCC(C=NO)C(C)(C)C. The van der Waals surface area contributed by atoms with E-state index in [0.717, 1.165) is 12.8 Å². The van der Waals surface area contributed by atoms with Crippen LogP contribution in [0.1, 0.15) is 40.5 Å². The second kappa shape index (κ2) is 4.37. The van der Waals surface area contributed by atoms with Gasteiger partial charge in [-0.2, -0.15) is 0 Å². The maximum absolute atomic E-state index is 8.40. The van der Waals surface area contributed by atoms with Gasteiger partial charge in [0.25, 0.3) is 0 Å². The molecule has 0 aromatic rings. The smallest absolute Gasteiger partial charge is 0.0472 e. The molecule has 0 saturated carbocycles. The number of nitrogens with zero attached hydrogens (tertiary/aromatic N) is 1. The first-order valence-electron chi connectivity index (χ1n) is 4.20. The van der Waals surface area contributed by atoms with Gasteiger partial charge in [-0.15, -0.1) is 5.16 Å². The number of hydrogen-bond donors (Lipinski definition) is 1. The largest absolute Gasteiger partial charge is 0.411 e. The molecule has 1 unspecified atom stereocenters. The molecular formula is C9H19NO. The molecular weight excluding hydrogens is 138 g/mol. The first-order valence-corrected chi connectivity index (χ1v) is 4.20. The molecule has 2 heteroatoms. The van der Waals surface area contributed by atoms with E-state index in [1.807, 2.05) is 0 Å². The second-order valence-corrected chi connectivity index (χ2v) is 4.03. The Morgan fingerprint density at radius 1 is 1.45 bits per heavy atom. The molecule has 2 nitrogen and oxygen atoms in total. The lowest BCUT2D eigenvalue weighted by molar-refractivity contribution is 0.278. The van der Waals surface area contributed by atoms with Crippen LogP contribution in [0, 0.1) is 11.3 Å². The van der Waals surface area contributed by atoms with Crippen LogP contribution in [0.3, 0.4) is 0 Å². The predicted octanol–water partition coefficient (Wildman–Crippen LogP) is 2.91. The van der Waals surface area contributed by atoms with E-state index >= 15 is 0 Å². The summed E-state index contributed by atoms with van der Waals surface area (Å²) in [6.45, 7) is 8.63. The maximum atomic E-state index is 8.40. The predicted molar refractivity (Wildman–Crippen MR) is 48.1 cm³/mol. The summed E-state index contributed by atoms with van der Waals surface area (Å²) in [6.07, 6.45) is 3.87. The van der Waals surface area contributed by atoms with Crippen molar-refractivity contribution < 1.29 is 5.21 Å². The summed E-state index contributed by atoms with van der Waals surface area (Å²) in [7, 11) is 0. The van der Waals surface area contributed by atoms with Crippen LogP contribution in [0.2, 0.25) is 0 Å². The molecule has 0 saturated heterocycles. The summed E-state index contributed by atoms with van der Waals surface area (Å²) in [5.41, 5.74) is 0.211. The number of rotatable bonds is 3. The molecule has 0 spiro atoms. The van der Waals surface area contributed by atoms with Crippen LogP contribution in [-0.2, 0) is 0 Å². The summed E-state index contributed by atoms with van der Waals surface area (Å²) in [6, 6.07) is 0. The molecule has 0 aliphatic heterocycles. The molecule has 0 amide bonds. The first-order chi connectivity index (χ1) is 5.02. The van der Waals surface area contributed by atoms with E-state index in [-0.39, 0.29) is 5.41 Å². The highest BCUT2D eigenvalue weighted by atomic mass is 16.4. The van der Waals surface area contributed by atoms with Gasteiger partial charge in [0.05, 0.1) is 0 Å². The highest BCUT2D eigenvalue weighted by Gasteiger charge is 2.21. The maximum Gasteiger partial charge on any atom is 0.0472 e. The molecule has 0 radical (unpaired) electrons. The Kier molecular flexibility index (Phi) is 4.16. The normalized spacial score (nSPS) is 15.6. The Balaban J connectivity index is 4.10. The van der Waals surface area contributed by atoms with Crippen molar-refractivity contribution in [2.24, 2.45) is 16.5 Å². The minimum atomic E-state index is 0.211. The number of oxime groups is 1. The monoisotopic (exact) mass is 157 g/mol. The van der Waals surface area contributed by atoms with Crippen molar-refractivity contribution in [2.45, 2.75) is 40.5 Å². The third-order valence-corrected chi connectivity index (χ3v) is 1.96. The molecule has 0 heterocycles. The van der Waals surface area contributed by atoms with Crippen molar-refractivity contribution in [2.75, 3.05) is 0 Å². The highest BCUT2D eigenvalue weighted by Crippen LogP contribution is 2.27. The molecule has 11 heavy (non-hydrogen) atoms. The van der Waals surface area contributed by atoms with Gasteiger partial charge in [0.15, 0.2) is 0 Å². The van der Waals surface area contributed by atoms with Crippen LogP contribution in [0.4, 0.5) is 0 Å².